The van der Waals surface area contributed by atoms with E-state index in [4.69, 9.17) is 10.3 Å². The van der Waals surface area contributed by atoms with Crippen LogP contribution in [-0.4, -0.2) is 28.1 Å². The number of aliphatic hydroxyl groups excluding tert-OH is 1. The molecule has 0 aromatic rings. The second kappa shape index (κ2) is 1.78. The highest BCUT2D eigenvalue weighted by molar-refractivity contribution is 4.60. The first kappa shape index (κ1) is 5.03. The summed E-state index contributed by atoms with van der Waals surface area (Å²) in [5, 5.41) is 18.2. The zero-order valence-corrected chi connectivity index (χ0v) is 4.04. The van der Waals surface area contributed by atoms with Crippen LogP contribution in [0.2, 0.25) is 0 Å². The van der Waals surface area contributed by atoms with E-state index >= 15 is 0 Å². The summed E-state index contributed by atoms with van der Waals surface area (Å²) in [5.41, 5.74) is 0. The highest BCUT2D eigenvalue weighted by atomic mass is 16.5. The molecule has 3 heteroatoms. The molecule has 1 saturated heterocycles. The van der Waals surface area contributed by atoms with Gasteiger partial charge >= 0.3 is 0 Å². The molecule has 42 valence electrons. The zero-order chi connectivity index (χ0) is 5.28. The number of rotatable bonds is 0. The molecule has 1 aliphatic rings. The van der Waals surface area contributed by atoms with Gasteiger partial charge < -0.3 is 10.3 Å². The Labute approximate surface area is 42.1 Å². The normalized spacial score (nSPS) is 34.3. The van der Waals surface area contributed by atoms with E-state index in [1.165, 1.54) is 0 Å². The van der Waals surface area contributed by atoms with Crippen molar-refractivity contribution >= 4 is 0 Å². The molecule has 0 amide bonds. The third-order valence-corrected chi connectivity index (χ3v) is 1.19. The summed E-state index contributed by atoms with van der Waals surface area (Å²) in [4.78, 5) is 0. The van der Waals surface area contributed by atoms with Gasteiger partial charge in [0.25, 0.3) is 0 Å². The number of aliphatic hydroxyl groups is 1. The fourth-order valence-electron chi connectivity index (χ4n) is 0.734. The van der Waals surface area contributed by atoms with Gasteiger partial charge in [0.15, 0.2) is 0 Å². The maximum atomic E-state index is 8.67. The Hall–Kier alpha value is -0.120. The van der Waals surface area contributed by atoms with Crippen LogP contribution in [0, 0.1) is 0 Å². The summed E-state index contributed by atoms with van der Waals surface area (Å²) < 4.78 is 0. The summed E-state index contributed by atoms with van der Waals surface area (Å²) in [6.45, 7) is 0.612. The number of hydroxylamine groups is 2. The number of nitrogens with zero attached hydrogens (tertiary/aromatic N) is 1. The third kappa shape index (κ3) is 0.907. The lowest BCUT2D eigenvalue weighted by Gasteiger charge is -2.08. The standard InChI is InChI=1S/C4H9NO2/c6-4-2-1-3-5(4)7/h4,6-7H,1-3H2/t4-/m1/s1. The minimum Gasteiger partial charge on any atom is -0.376 e. The molecule has 3 nitrogen and oxygen atoms in total. The molecule has 7 heavy (non-hydrogen) atoms. The molecule has 1 aliphatic heterocycles. The third-order valence-electron chi connectivity index (χ3n) is 1.19. The predicted molar refractivity (Wildman–Crippen MR) is 23.7 cm³/mol. The quantitative estimate of drug-likeness (QED) is 0.446. The van der Waals surface area contributed by atoms with E-state index in [0.717, 1.165) is 11.5 Å². The van der Waals surface area contributed by atoms with Gasteiger partial charge in [-0.25, -0.2) is 0 Å². The van der Waals surface area contributed by atoms with Crippen molar-refractivity contribution in [1.29, 1.82) is 0 Å². The highest BCUT2D eigenvalue weighted by Gasteiger charge is 2.18. The molecule has 0 radical (unpaired) electrons. The van der Waals surface area contributed by atoms with Crippen molar-refractivity contribution in [3.63, 3.8) is 0 Å². The van der Waals surface area contributed by atoms with Crippen molar-refractivity contribution in [3.8, 4) is 0 Å². The van der Waals surface area contributed by atoms with Gasteiger partial charge in [0.05, 0.1) is 0 Å². The monoisotopic (exact) mass is 103 g/mol. The lowest BCUT2D eigenvalue weighted by atomic mass is 10.4. The largest absolute Gasteiger partial charge is 0.376 e. The van der Waals surface area contributed by atoms with E-state index in [2.05, 4.69) is 0 Å². The fourth-order valence-corrected chi connectivity index (χ4v) is 0.734. The smallest absolute Gasteiger partial charge is 0.129 e. The Bertz CT molecular complexity index is 58.7. The summed E-state index contributed by atoms with van der Waals surface area (Å²) in [5.74, 6) is 0. The Balaban J connectivity index is 2.33. The van der Waals surface area contributed by atoms with Crippen LogP contribution < -0.4 is 0 Å². The molecule has 1 rings (SSSR count). The first-order valence-corrected chi connectivity index (χ1v) is 2.44. The van der Waals surface area contributed by atoms with Crippen LogP contribution in [0.1, 0.15) is 12.8 Å². The summed E-state index contributed by atoms with van der Waals surface area (Å²) in [7, 11) is 0. The average molecular weight is 103 g/mol. The van der Waals surface area contributed by atoms with Gasteiger partial charge in [0, 0.05) is 6.54 Å². The Morgan fingerprint density at radius 1 is 1.57 bits per heavy atom. The minimum atomic E-state index is -0.597. The zero-order valence-electron chi connectivity index (χ0n) is 4.04. The van der Waals surface area contributed by atoms with Crippen molar-refractivity contribution in [1.82, 2.24) is 5.06 Å². The minimum absolute atomic E-state index is 0.597. The fraction of sp³-hybridized carbons (Fsp3) is 1.00. The van der Waals surface area contributed by atoms with E-state index in [-0.39, 0.29) is 0 Å². The molecule has 1 heterocycles. The van der Waals surface area contributed by atoms with Gasteiger partial charge in [-0.2, -0.15) is 5.06 Å². The Kier molecular flexibility index (Phi) is 1.27. The molecule has 0 bridgehead atoms. The van der Waals surface area contributed by atoms with E-state index < -0.39 is 6.23 Å². The van der Waals surface area contributed by atoms with Gasteiger partial charge in [-0.05, 0) is 12.8 Å². The van der Waals surface area contributed by atoms with E-state index in [1.807, 2.05) is 0 Å². The number of hydrogen-bond acceptors (Lipinski definition) is 3. The molecule has 1 atom stereocenters. The molecule has 0 aromatic carbocycles. The van der Waals surface area contributed by atoms with Crippen molar-refractivity contribution in [2.24, 2.45) is 0 Å². The van der Waals surface area contributed by atoms with Crippen molar-refractivity contribution in [3.05, 3.63) is 0 Å². The van der Waals surface area contributed by atoms with E-state index in [0.29, 0.717) is 13.0 Å². The van der Waals surface area contributed by atoms with Crippen molar-refractivity contribution in [2.75, 3.05) is 6.54 Å². The molecular formula is C4H9NO2. The molecular weight excluding hydrogens is 94.0 g/mol. The van der Waals surface area contributed by atoms with Crippen LogP contribution in [0.15, 0.2) is 0 Å². The lowest BCUT2D eigenvalue weighted by molar-refractivity contribution is -0.170. The summed E-state index contributed by atoms with van der Waals surface area (Å²) in [6, 6.07) is 0. The number of hydrogen-bond donors (Lipinski definition) is 2. The topological polar surface area (TPSA) is 43.7 Å². The molecule has 0 unspecified atom stereocenters. The van der Waals surface area contributed by atoms with Crippen LogP contribution in [0.3, 0.4) is 0 Å². The van der Waals surface area contributed by atoms with E-state index in [1.54, 1.807) is 0 Å². The molecule has 2 N–H and O–H groups in total. The Morgan fingerprint density at radius 3 is 2.43 bits per heavy atom. The molecule has 0 aromatic heterocycles. The maximum absolute atomic E-state index is 8.67. The maximum Gasteiger partial charge on any atom is 0.129 e. The molecule has 0 spiro atoms. The summed E-state index contributed by atoms with van der Waals surface area (Å²) in [6.07, 6.45) is 1.01. The van der Waals surface area contributed by atoms with Gasteiger partial charge in [0.2, 0.25) is 0 Å². The van der Waals surface area contributed by atoms with Crippen molar-refractivity contribution < 1.29 is 10.3 Å². The van der Waals surface area contributed by atoms with Crippen LogP contribution in [0.4, 0.5) is 0 Å². The SMILES string of the molecule is O[C@@H]1CCCN1O. The van der Waals surface area contributed by atoms with E-state index in [9.17, 15) is 0 Å². The molecule has 0 saturated carbocycles. The van der Waals surface area contributed by atoms with Crippen LogP contribution >= 0.6 is 0 Å². The second-order valence-corrected chi connectivity index (χ2v) is 1.79. The average Bonchev–Trinajstić information content (AvgIpc) is 1.91. The predicted octanol–water partition coefficient (Wildman–Crippen LogP) is -0.210. The first-order chi connectivity index (χ1) is 3.30. The molecule has 0 aliphatic carbocycles. The highest BCUT2D eigenvalue weighted by Crippen LogP contribution is 2.09. The Morgan fingerprint density at radius 2 is 2.29 bits per heavy atom. The summed E-state index contributed by atoms with van der Waals surface area (Å²) >= 11 is 0. The molecule has 1 fully saturated rings. The lowest BCUT2D eigenvalue weighted by Crippen LogP contribution is -2.24. The van der Waals surface area contributed by atoms with Crippen LogP contribution in [-0.2, 0) is 0 Å². The van der Waals surface area contributed by atoms with Crippen LogP contribution in [0.25, 0.3) is 0 Å². The van der Waals surface area contributed by atoms with Crippen LogP contribution in [0.5, 0.6) is 0 Å². The van der Waals surface area contributed by atoms with Crippen molar-refractivity contribution in [2.45, 2.75) is 19.1 Å². The first-order valence-electron chi connectivity index (χ1n) is 2.44. The van der Waals surface area contributed by atoms with Gasteiger partial charge in [-0.15, -0.1) is 0 Å². The van der Waals surface area contributed by atoms with Gasteiger partial charge in [-0.1, -0.05) is 0 Å². The van der Waals surface area contributed by atoms with Gasteiger partial charge in [-0.3, -0.25) is 0 Å². The van der Waals surface area contributed by atoms with Gasteiger partial charge in [0.1, 0.15) is 6.23 Å². The second-order valence-electron chi connectivity index (χ2n) is 1.79.